The van der Waals surface area contributed by atoms with Gasteiger partial charge in [-0.1, -0.05) is 13.3 Å². The maximum Gasteiger partial charge on any atom is 0.305 e. The Morgan fingerprint density at radius 3 is 2.44 bits per heavy atom. The fourth-order valence-corrected chi connectivity index (χ4v) is 2.48. The van der Waals surface area contributed by atoms with Crippen molar-refractivity contribution in [1.29, 1.82) is 0 Å². The first-order valence-corrected chi connectivity index (χ1v) is 6.80. The van der Waals surface area contributed by atoms with Crippen molar-refractivity contribution >= 4 is 11.9 Å². The molecule has 1 amide bonds. The van der Waals surface area contributed by atoms with E-state index in [2.05, 4.69) is 5.32 Å². The molecule has 5 heteroatoms. The number of aliphatic carboxylic acids is 1. The van der Waals surface area contributed by atoms with Gasteiger partial charge in [0.05, 0.1) is 6.42 Å². The normalized spacial score (nSPS) is 25.4. The lowest BCUT2D eigenvalue weighted by atomic mass is 9.85. The summed E-state index contributed by atoms with van der Waals surface area (Å²) in [5, 5.41) is 11.7. The highest BCUT2D eigenvalue weighted by molar-refractivity contribution is 5.79. The number of nitrogens with one attached hydrogen (secondary N) is 1. The van der Waals surface area contributed by atoms with Crippen LogP contribution in [0.3, 0.4) is 0 Å². The molecule has 1 aliphatic carbocycles. The molecule has 18 heavy (non-hydrogen) atoms. The van der Waals surface area contributed by atoms with E-state index < -0.39 is 5.97 Å². The Balaban J connectivity index is 2.42. The third-order valence-corrected chi connectivity index (χ3v) is 3.55. The van der Waals surface area contributed by atoms with Crippen molar-refractivity contribution in [3.8, 4) is 0 Å². The molecule has 0 spiro atoms. The van der Waals surface area contributed by atoms with Gasteiger partial charge in [0.1, 0.15) is 0 Å². The van der Waals surface area contributed by atoms with Gasteiger partial charge in [0.25, 0.3) is 0 Å². The molecule has 0 bridgehead atoms. The molecule has 0 saturated heterocycles. The highest BCUT2D eigenvalue weighted by Crippen LogP contribution is 2.23. The monoisotopic (exact) mass is 256 g/mol. The Morgan fingerprint density at radius 1 is 1.33 bits per heavy atom. The van der Waals surface area contributed by atoms with Gasteiger partial charge >= 0.3 is 5.97 Å². The molecule has 4 N–H and O–H groups in total. The molecule has 1 rings (SSSR count). The Kier molecular flexibility index (Phi) is 6.12. The second kappa shape index (κ2) is 7.36. The first kappa shape index (κ1) is 15.0. The van der Waals surface area contributed by atoms with Gasteiger partial charge in [-0.2, -0.15) is 0 Å². The summed E-state index contributed by atoms with van der Waals surface area (Å²) in [7, 11) is 0. The van der Waals surface area contributed by atoms with E-state index in [1.54, 1.807) is 0 Å². The third-order valence-electron chi connectivity index (χ3n) is 3.55. The van der Waals surface area contributed by atoms with Gasteiger partial charge in [0.15, 0.2) is 0 Å². The van der Waals surface area contributed by atoms with Crippen LogP contribution in [0.5, 0.6) is 0 Å². The Morgan fingerprint density at radius 2 is 1.94 bits per heavy atom. The molecule has 0 aromatic heterocycles. The van der Waals surface area contributed by atoms with Crippen molar-refractivity contribution in [2.24, 2.45) is 11.7 Å². The largest absolute Gasteiger partial charge is 0.481 e. The van der Waals surface area contributed by atoms with Crippen LogP contribution in [0.2, 0.25) is 0 Å². The molecule has 1 fully saturated rings. The summed E-state index contributed by atoms with van der Waals surface area (Å²) in [4.78, 5) is 22.7. The molecule has 0 heterocycles. The van der Waals surface area contributed by atoms with Crippen LogP contribution < -0.4 is 11.1 Å². The average molecular weight is 256 g/mol. The van der Waals surface area contributed by atoms with Crippen LogP contribution in [0.4, 0.5) is 0 Å². The van der Waals surface area contributed by atoms with Crippen molar-refractivity contribution in [3.05, 3.63) is 0 Å². The quantitative estimate of drug-likeness (QED) is 0.667. The molecule has 1 atom stereocenters. The molecule has 1 unspecified atom stereocenters. The number of amides is 1. The first-order chi connectivity index (χ1) is 8.52. The summed E-state index contributed by atoms with van der Waals surface area (Å²) in [6.45, 7) is 1.99. The summed E-state index contributed by atoms with van der Waals surface area (Å²) in [5.41, 5.74) is 5.80. The summed E-state index contributed by atoms with van der Waals surface area (Å²) in [6.07, 6.45) is 4.99. The standard InChI is InChI=1S/C13H24N2O3/c1-2-3-11(8-12(16)17)15-13(18)9-4-6-10(14)7-5-9/h9-11H,2-8,14H2,1H3,(H,15,18)(H,16,17). The van der Waals surface area contributed by atoms with Crippen LogP contribution >= 0.6 is 0 Å². The summed E-state index contributed by atoms with van der Waals surface area (Å²) >= 11 is 0. The fourth-order valence-electron chi connectivity index (χ4n) is 2.48. The van der Waals surface area contributed by atoms with Crippen LogP contribution in [0.25, 0.3) is 0 Å². The van der Waals surface area contributed by atoms with Crippen molar-refractivity contribution in [2.75, 3.05) is 0 Å². The highest BCUT2D eigenvalue weighted by atomic mass is 16.4. The van der Waals surface area contributed by atoms with Gasteiger partial charge in [-0.15, -0.1) is 0 Å². The number of carbonyl (C=O) groups excluding carboxylic acids is 1. The zero-order valence-electron chi connectivity index (χ0n) is 11.0. The molecule has 0 radical (unpaired) electrons. The van der Waals surface area contributed by atoms with Gasteiger partial charge in [0, 0.05) is 18.0 Å². The van der Waals surface area contributed by atoms with Crippen LogP contribution in [0.15, 0.2) is 0 Å². The molecule has 0 aliphatic heterocycles. The van der Waals surface area contributed by atoms with Gasteiger partial charge in [-0.25, -0.2) is 0 Å². The first-order valence-electron chi connectivity index (χ1n) is 6.80. The minimum Gasteiger partial charge on any atom is -0.481 e. The van der Waals surface area contributed by atoms with E-state index in [0.717, 1.165) is 32.1 Å². The lowest BCUT2D eigenvalue weighted by Crippen LogP contribution is -2.42. The Hall–Kier alpha value is -1.10. The number of carbonyl (C=O) groups is 2. The lowest BCUT2D eigenvalue weighted by Gasteiger charge is -2.27. The second-order valence-corrected chi connectivity index (χ2v) is 5.20. The van der Waals surface area contributed by atoms with E-state index in [9.17, 15) is 9.59 Å². The number of rotatable bonds is 6. The van der Waals surface area contributed by atoms with Gasteiger partial charge in [-0.3, -0.25) is 9.59 Å². The van der Waals surface area contributed by atoms with E-state index in [0.29, 0.717) is 6.42 Å². The fraction of sp³-hybridized carbons (Fsp3) is 0.846. The lowest BCUT2D eigenvalue weighted by molar-refractivity contribution is -0.138. The Labute approximate surface area is 108 Å². The van der Waals surface area contributed by atoms with Crippen LogP contribution in [-0.4, -0.2) is 29.1 Å². The van der Waals surface area contributed by atoms with Crippen LogP contribution in [-0.2, 0) is 9.59 Å². The van der Waals surface area contributed by atoms with Crippen molar-refractivity contribution in [3.63, 3.8) is 0 Å². The molecule has 1 aliphatic rings. The van der Waals surface area contributed by atoms with Gasteiger partial charge in [0.2, 0.25) is 5.91 Å². The minimum atomic E-state index is -0.862. The Bertz CT molecular complexity index is 286. The SMILES string of the molecule is CCCC(CC(=O)O)NC(=O)C1CCC(N)CC1. The van der Waals surface area contributed by atoms with Crippen molar-refractivity contribution < 1.29 is 14.7 Å². The van der Waals surface area contributed by atoms with E-state index >= 15 is 0 Å². The maximum absolute atomic E-state index is 12.0. The smallest absolute Gasteiger partial charge is 0.305 e. The molecule has 0 aromatic carbocycles. The minimum absolute atomic E-state index is 0.00148. The highest BCUT2D eigenvalue weighted by Gasteiger charge is 2.26. The molecule has 0 aromatic rings. The molecule has 5 nitrogen and oxygen atoms in total. The number of carboxylic acid groups (broad SMARTS) is 1. The third kappa shape index (κ3) is 5.04. The number of nitrogens with two attached hydrogens (primary N) is 1. The molecular formula is C13H24N2O3. The number of carboxylic acids is 1. The van der Waals surface area contributed by atoms with Gasteiger partial charge in [-0.05, 0) is 32.1 Å². The predicted octanol–water partition coefficient (Wildman–Crippen LogP) is 1.26. The maximum atomic E-state index is 12.0. The van der Waals surface area contributed by atoms with E-state index in [1.165, 1.54) is 0 Å². The zero-order valence-corrected chi connectivity index (χ0v) is 11.0. The van der Waals surface area contributed by atoms with Crippen LogP contribution in [0.1, 0.15) is 51.9 Å². The predicted molar refractivity (Wildman–Crippen MR) is 69.0 cm³/mol. The molecule has 104 valence electrons. The van der Waals surface area contributed by atoms with Crippen LogP contribution in [0, 0.1) is 5.92 Å². The summed E-state index contributed by atoms with van der Waals surface area (Å²) in [5.74, 6) is -0.848. The molecule has 1 saturated carbocycles. The topological polar surface area (TPSA) is 92.4 Å². The van der Waals surface area contributed by atoms with E-state index in [-0.39, 0.29) is 30.3 Å². The van der Waals surface area contributed by atoms with Gasteiger partial charge < -0.3 is 16.2 Å². The summed E-state index contributed by atoms with van der Waals surface area (Å²) in [6, 6.07) is -0.0184. The second-order valence-electron chi connectivity index (χ2n) is 5.20. The average Bonchev–Trinajstić information content (AvgIpc) is 2.29. The number of hydrogen-bond donors (Lipinski definition) is 3. The van der Waals surface area contributed by atoms with E-state index in [4.69, 9.17) is 10.8 Å². The van der Waals surface area contributed by atoms with Crippen molar-refractivity contribution in [1.82, 2.24) is 5.32 Å². The number of hydrogen-bond acceptors (Lipinski definition) is 3. The van der Waals surface area contributed by atoms with E-state index in [1.807, 2.05) is 6.92 Å². The summed E-state index contributed by atoms with van der Waals surface area (Å²) < 4.78 is 0. The molecular weight excluding hydrogens is 232 g/mol. The van der Waals surface area contributed by atoms with Crippen molar-refractivity contribution in [2.45, 2.75) is 64.0 Å². The zero-order chi connectivity index (χ0) is 13.5.